The van der Waals surface area contributed by atoms with Gasteiger partial charge in [-0.2, -0.15) is 0 Å². The number of benzene rings is 1. The number of aromatic nitrogens is 1. The fourth-order valence-corrected chi connectivity index (χ4v) is 2.34. The second-order valence-corrected chi connectivity index (χ2v) is 4.90. The number of nitrogens with one attached hydrogen (secondary N) is 1. The summed E-state index contributed by atoms with van der Waals surface area (Å²) in [6.07, 6.45) is 1.02. The van der Waals surface area contributed by atoms with Gasteiger partial charge in [0, 0.05) is 36.1 Å². The van der Waals surface area contributed by atoms with Crippen molar-refractivity contribution in [2.24, 2.45) is 7.05 Å². The molecule has 0 spiro atoms. The van der Waals surface area contributed by atoms with Gasteiger partial charge in [0.15, 0.2) is 0 Å². The summed E-state index contributed by atoms with van der Waals surface area (Å²) >= 11 is 0. The van der Waals surface area contributed by atoms with Gasteiger partial charge >= 0.3 is 5.97 Å². The summed E-state index contributed by atoms with van der Waals surface area (Å²) in [7, 11) is 1.80. The molecule has 1 heterocycles. The molecule has 1 atom stereocenters. The van der Waals surface area contributed by atoms with Crippen LogP contribution in [0.2, 0.25) is 0 Å². The molecule has 0 aliphatic carbocycles. The Balaban J connectivity index is 2.50. The molecule has 0 fully saturated rings. The molecule has 0 amide bonds. The highest BCUT2D eigenvalue weighted by Gasteiger charge is 2.20. The molecule has 4 nitrogen and oxygen atoms in total. The molecule has 4 heteroatoms. The van der Waals surface area contributed by atoms with E-state index in [9.17, 15) is 9.90 Å². The maximum Gasteiger partial charge on any atom is 0.352 e. The van der Waals surface area contributed by atoms with Gasteiger partial charge in [-0.3, -0.25) is 0 Å². The highest BCUT2D eigenvalue weighted by Crippen LogP contribution is 2.25. The standard InChI is InChI=1S/C15H20N2O2/c1-4-10(2)16-9-12-11-7-5-6-8-13(11)17(3)14(12)15(18)19/h5-8,10,16H,4,9H2,1-3H3,(H,18,19). The predicted molar refractivity (Wildman–Crippen MR) is 76.5 cm³/mol. The van der Waals surface area contributed by atoms with E-state index < -0.39 is 5.97 Å². The summed E-state index contributed by atoms with van der Waals surface area (Å²) in [5.74, 6) is -0.875. The van der Waals surface area contributed by atoms with Crippen LogP contribution in [0.3, 0.4) is 0 Å². The first-order chi connectivity index (χ1) is 9.06. The molecule has 19 heavy (non-hydrogen) atoms. The zero-order valence-electron chi connectivity index (χ0n) is 11.6. The lowest BCUT2D eigenvalue weighted by molar-refractivity contribution is 0.0685. The van der Waals surface area contributed by atoms with E-state index in [0.717, 1.165) is 22.9 Å². The van der Waals surface area contributed by atoms with Crippen LogP contribution in [0.4, 0.5) is 0 Å². The highest BCUT2D eigenvalue weighted by atomic mass is 16.4. The fraction of sp³-hybridized carbons (Fsp3) is 0.400. The molecule has 0 aliphatic heterocycles. The number of carboxylic acid groups (broad SMARTS) is 1. The number of rotatable bonds is 5. The van der Waals surface area contributed by atoms with Gasteiger partial charge in [-0.1, -0.05) is 25.1 Å². The molecule has 2 N–H and O–H groups in total. The van der Waals surface area contributed by atoms with Crippen molar-refractivity contribution in [1.82, 2.24) is 9.88 Å². The molecule has 0 saturated carbocycles. The Morgan fingerprint density at radius 1 is 1.42 bits per heavy atom. The lowest BCUT2D eigenvalue weighted by Crippen LogP contribution is -2.25. The second kappa shape index (κ2) is 5.45. The van der Waals surface area contributed by atoms with Gasteiger partial charge in [0.1, 0.15) is 5.69 Å². The van der Waals surface area contributed by atoms with Crippen LogP contribution >= 0.6 is 0 Å². The Morgan fingerprint density at radius 3 is 2.74 bits per heavy atom. The minimum atomic E-state index is -0.875. The van der Waals surface area contributed by atoms with Crippen LogP contribution in [0.1, 0.15) is 36.3 Å². The van der Waals surface area contributed by atoms with Crippen molar-refractivity contribution in [1.29, 1.82) is 0 Å². The summed E-state index contributed by atoms with van der Waals surface area (Å²) in [5.41, 5.74) is 2.20. The third-order valence-corrected chi connectivity index (χ3v) is 3.65. The number of aromatic carboxylic acids is 1. The molecule has 2 aromatic rings. The smallest absolute Gasteiger partial charge is 0.352 e. The summed E-state index contributed by atoms with van der Waals surface area (Å²) < 4.78 is 1.76. The Bertz CT molecular complexity index is 601. The van der Waals surface area contributed by atoms with Crippen molar-refractivity contribution in [3.05, 3.63) is 35.5 Å². The number of fused-ring (bicyclic) bond motifs is 1. The molecule has 1 unspecified atom stereocenters. The number of para-hydroxylation sites is 1. The van der Waals surface area contributed by atoms with Crippen LogP contribution in [0.5, 0.6) is 0 Å². The number of carboxylic acids is 1. The van der Waals surface area contributed by atoms with Crippen LogP contribution in [0, 0.1) is 0 Å². The average molecular weight is 260 g/mol. The number of nitrogens with zero attached hydrogens (tertiary/aromatic N) is 1. The van der Waals surface area contributed by atoms with E-state index in [-0.39, 0.29) is 0 Å². The maximum atomic E-state index is 11.5. The van der Waals surface area contributed by atoms with Crippen molar-refractivity contribution in [2.75, 3.05) is 0 Å². The molecule has 1 aromatic carbocycles. The normalized spacial score (nSPS) is 12.8. The first-order valence-electron chi connectivity index (χ1n) is 6.59. The molecular weight excluding hydrogens is 240 g/mol. The molecule has 2 rings (SSSR count). The van der Waals surface area contributed by atoms with Gasteiger partial charge in [0.25, 0.3) is 0 Å². The average Bonchev–Trinajstić information content (AvgIpc) is 2.69. The van der Waals surface area contributed by atoms with E-state index in [1.54, 1.807) is 11.6 Å². The maximum absolute atomic E-state index is 11.5. The van der Waals surface area contributed by atoms with E-state index in [0.29, 0.717) is 18.3 Å². The number of hydrogen-bond acceptors (Lipinski definition) is 2. The summed E-state index contributed by atoms with van der Waals surface area (Å²) in [6, 6.07) is 8.19. The number of carbonyl (C=O) groups is 1. The Hall–Kier alpha value is -1.81. The van der Waals surface area contributed by atoms with Gasteiger partial charge in [0.2, 0.25) is 0 Å². The Kier molecular flexibility index (Phi) is 3.90. The Labute approximate surface area is 113 Å². The van der Waals surface area contributed by atoms with Crippen molar-refractivity contribution in [3.63, 3.8) is 0 Å². The molecule has 0 radical (unpaired) electrons. The van der Waals surface area contributed by atoms with Crippen LogP contribution in [0.15, 0.2) is 24.3 Å². The van der Waals surface area contributed by atoms with Crippen LogP contribution < -0.4 is 5.32 Å². The minimum absolute atomic E-state index is 0.372. The van der Waals surface area contributed by atoms with Gasteiger partial charge in [-0.25, -0.2) is 4.79 Å². The molecule has 0 aliphatic rings. The zero-order chi connectivity index (χ0) is 14.0. The van der Waals surface area contributed by atoms with Crippen molar-refractivity contribution < 1.29 is 9.90 Å². The van der Waals surface area contributed by atoms with E-state index in [2.05, 4.69) is 19.2 Å². The third-order valence-electron chi connectivity index (χ3n) is 3.65. The summed E-state index contributed by atoms with van der Waals surface area (Å²) in [4.78, 5) is 11.5. The summed E-state index contributed by atoms with van der Waals surface area (Å²) in [6.45, 7) is 4.79. The van der Waals surface area contributed by atoms with E-state index in [1.165, 1.54) is 0 Å². The van der Waals surface area contributed by atoms with Gasteiger partial charge in [-0.15, -0.1) is 0 Å². The number of aryl methyl sites for hydroxylation is 1. The number of hydrogen-bond donors (Lipinski definition) is 2. The SMILES string of the molecule is CCC(C)NCc1c(C(=O)O)n(C)c2ccccc12. The lowest BCUT2D eigenvalue weighted by atomic mass is 10.1. The molecule has 0 saturated heterocycles. The molecular formula is C15H20N2O2. The summed E-state index contributed by atoms with van der Waals surface area (Å²) in [5, 5.41) is 13.8. The lowest BCUT2D eigenvalue weighted by Gasteiger charge is -2.11. The third kappa shape index (κ3) is 2.49. The van der Waals surface area contributed by atoms with Crippen molar-refractivity contribution in [3.8, 4) is 0 Å². The fourth-order valence-electron chi connectivity index (χ4n) is 2.34. The van der Waals surface area contributed by atoms with Crippen LogP contribution in [-0.4, -0.2) is 21.7 Å². The van der Waals surface area contributed by atoms with Gasteiger partial charge < -0.3 is 15.0 Å². The van der Waals surface area contributed by atoms with Gasteiger partial charge in [-0.05, 0) is 19.4 Å². The first kappa shape index (κ1) is 13.6. The van der Waals surface area contributed by atoms with Crippen LogP contribution in [0.25, 0.3) is 10.9 Å². The first-order valence-corrected chi connectivity index (χ1v) is 6.59. The zero-order valence-corrected chi connectivity index (χ0v) is 11.6. The monoisotopic (exact) mass is 260 g/mol. The van der Waals surface area contributed by atoms with Gasteiger partial charge in [0.05, 0.1) is 0 Å². The highest BCUT2D eigenvalue weighted by molar-refractivity contribution is 5.98. The second-order valence-electron chi connectivity index (χ2n) is 4.90. The molecule has 102 valence electrons. The quantitative estimate of drug-likeness (QED) is 0.869. The van der Waals surface area contributed by atoms with Crippen molar-refractivity contribution >= 4 is 16.9 Å². The minimum Gasteiger partial charge on any atom is -0.477 e. The van der Waals surface area contributed by atoms with Crippen molar-refractivity contribution in [2.45, 2.75) is 32.9 Å². The molecule has 0 bridgehead atoms. The predicted octanol–water partition coefficient (Wildman–Crippen LogP) is 2.76. The van der Waals surface area contributed by atoms with E-state index in [4.69, 9.17) is 0 Å². The van der Waals surface area contributed by atoms with Crippen LogP contribution in [-0.2, 0) is 13.6 Å². The van der Waals surface area contributed by atoms with E-state index >= 15 is 0 Å². The topological polar surface area (TPSA) is 54.3 Å². The Morgan fingerprint density at radius 2 is 2.11 bits per heavy atom. The molecule has 1 aromatic heterocycles. The largest absolute Gasteiger partial charge is 0.477 e. The van der Waals surface area contributed by atoms with E-state index in [1.807, 2.05) is 24.3 Å².